The number of halogens is 2. The molecule has 116 valence electrons. The number of carbonyl (C=O) groups is 1. The van der Waals surface area contributed by atoms with Crippen molar-refractivity contribution in [1.29, 1.82) is 0 Å². The minimum absolute atomic E-state index is 0.217. The van der Waals surface area contributed by atoms with Crippen molar-refractivity contribution in [3.8, 4) is 5.75 Å². The summed E-state index contributed by atoms with van der Waals surface area (Å²) in [5, 5.41) is 3.33. The number of rotatable bonds is 4. The quantitative estimate of drug-likeness (QED) is 0.796. The van der Waals surface area contributed by atoms with Gasteiger partial charge in [-0.2, -0.15) is 0 Å². The normalized spacial score (nSPS) is 11.9. The van der Waals surface area contributed by atoms with Crippen LogP contribution < -0.4 is 10.1 Å². The Labute approximate surface area is 143 Å². The van der Waals surface area contributed by atoms with E-state index in [4.69, 9.17) is 16.3 Å². The average molecular weight is 383 g/mol. The Morgan fingerprint density at radius 2 is 1.95 bits per heavy atom. The van der Waals surface area contributed by atoms with Gasteiger partial charge in [0.25, 0.3) is 5.91 Å². The monoisotopic (exact) mass is 381 g/mol. The lowest BCUT2D eigenvalue weighted by atomic mass is 10.1. The van der Waals surface area contributed by atoms with Crippen molar-refractivity contribution in [1.82, 2.24) is 0 Å². The third-order valence-electron chi connectivity index (χ3n) is 3.21. The van der Waals surface area contributed by atoms with Crippen LogP contribution in [0, 0.1) is 13.8 Å². The summed E-state index contributed by atoms with van der Waals surface area (Å²) in [4.78, 5) is 12.2. The number of hydrogen-bond acceptors (Lipinski definition) is 2. The number of anilines is 1. The molecule has 1 atom stereocenters. The first kappa shape index (κ1) is 16.8. The Morgan fingerprint density at radius 1 is 1.23 bits per heavy atom. The number of amides is 1. The number of aryl methyl sites for hydroxylation is 2. The topological polar surface area (TPSA) is 38.3 Å². The molecule has 0 unspecified atom stereocenters. The van der Waals surface area contributed by atoms with Crippen molar-refractivity contribution < 1.29 is 9.53 Å². The molecular formula is C17H17BrClNO2. The van der Waals surface area contributed by atoms with E-state index in [9.17, 15) is 4.79 Å². The number of nitrogens with one attached hydrogen (secondary N) is 1. The zero-order chi connectivity index (χ0) is 16.3. The number of benzene rings is 2. The van der Waals surface area contributed by atoms with Crippen molar-refractivity contribution in [3.63, 3.8) is 0 Å². The van der Waals surface area contributed by atoms with Gasteiger partial charge in [0.15, 0.2) is 6.10 Å². The van der Waals surface area contributed by atoms with Crippen LogP contribution in [0.15, 0.2) is 40.9 Å². The first-order valence-corrected chi connectivity index (χ1v) is 8.03. The SMILES string of the molecule is Cc1ccc(NC(=O)[C@H](C)Oc2ccc(Br)cc2Cl)c(C)c1. The lowest BCUT2D eigenvalue weighted by molar-refractivity contribution is -0.122. The van der Waals surface area contributed by atoms with Gasteiger partial charge in [0.1, 0.15) is 5.75 Å². The molecule has 0 aliphatic carbocycles. The molecule has 1 amide bonds. The van der Waals surface area contributed by atoms with Gasteiger partial charge in [0.05, 0.1) is 5.02 Å². The van der Waals surface area contributed by atoms with Crippen LogP contribution in [0.1, 0.15) is 18.1 Å². The van der Waals surface area contributed by atoms with Gasteiger partial charge >= 0.3 is 0 Å². The summed E-state index contributed by atoms with van der Waals surface area (Å²) in [5.74, 6) is 0.263. The summed E-state index contributed by atoms with van der Waals surface area (Å²) in [6.45, 7) is 5.66. The van der Waals surface area contributed by atoms with Crippen molar-refractivity contribution in [2.24, 2.45) is 0 Å². The summed E-state index contributed by atoms with van der Waals surface area (Å²) in [7, 11) is 0. The molecule has 0 saturated carbocycles. The fourth-order valence-corrected chi connectivity index (χ4v) is 2.72. The Morgan fingerprint density at radius 3 is 2.59 bits per heavy atom. The molecule has 2 rings (SSSR count). The smallest absolute Gasteiger partial charge is 0.265 e. The van der Waals surface area contributed by atoms with Crippen LogP contribution in [0.4, 0.5) is 5.69 Å². The van der Waals surface area contributed by atoms with Crippen molar-refractivity contribution in [2.75, 3.05) is 5.32 Å². The predicted octanol–water partition coefficient (Wildman–Crippen LogP) is 5.13. The van der Waals surface area contributed by atoms with Crippen molar-refractivity contribution >= 4 is 39.1 Å². The van der Waals surface area contributed by atoms with E-state index in [0.29, 0.717) is 10.8 Å². The van der Waals surface area contributed by atoms with Crippen LogP contribution in [0.25, 0.3) is 0 Å². The maximum absolute atomic E-state index is 12.2. The highest BCUT2D eigenvalue weighted by molar-refractivity contribution is 9.10. The van der Waals surface area contributed by atoms with Crippen LogP contribution in [0.5, 0.6) is 5.75 Å². The summed E-state index contributed by atoms with van der Waals surface area (Å²) >= 11 is 9.42. The molecule has 0 aliphatic rings. The van der Waals surface area contributed by atoms with Crippen LogP contribution in [0.3, 0.4) is 0 Å². The second-order valence-electron chi connectivity index (χ2n) is 5.14. The minimum atomic E-state index is -0.653. The third kappa shape index (κ3) is 4.24. The summed E-state index contributed by atoms with van der Waals surface area (Å²) in [6.07, 6.45) is -0.653. The number of hydrogen-bond donors (Lipinski definition) is 1. The highest BCUT2D eigenvalue weighted by Crippen LogP contribution is 2.28. The Hall–Kier alpha value is -1.52. The van der Waals surface area contributed by atoms with E-state index in [0.717, 1.165) is 21.3 Å². The lowest BCUT2D eigenvalue weighted by Crippen LogP contribution is -2.30. The van der Waals surface area contributed by atoms with E-state index in [1.54, 1.807) is 19.1 Å². The van der Waals surface area contributed by atoms with E-state index < -0.39 is 6.10 Å². The van der Waals surface area contributed by atoms with Gasteiger partial charge in [-0.3, -0.25) is 4.79 Å². The number of ether oxygens (including phenoxy) is 1. The van der Waals surface area contributed by atoms with Gasteiger partial charge in [-0.15, -0.1) is 0 Å². The summed E-state index contributed by atoms with van der Waals surface area (Å²) in [5.41, 5.74) is 2.96. The average Bonchev–Trinajstić information content (AvgIpc) is 2.44. The van der Waals surface area contributed by atoms with E-state index in [1.807, 2.05) is 38.1 Å². The highest BCUT2D eigenvalue weighted by Gasteiger charge is 2.17. The summed E-state index contributed by atoms with van der Waals surface area (Å²) in [6, 6.07) is 11.1. The van der Waals surface area contributed by atoms with Crippen molar-refractivity contribution in [3.05, 3.63) is 57.0 Å². The molecule has 0 heterocycles. The molecule has 0 bridgehead atoms. The largest absolute Gasteiger partial charge is 0.479 e. The molecule has 0 fully saturated rings. The minimum Gasteiger partial charge on any atom is -0.479 e. The van der Waals surface area contributed by atoms with E-state index in [1.165, 1.54) is 0 Å². The van der Waals surface area contributed by atoms with Gasteiger partial charge < -0.3 is 10.1 Å². The Bertz CT molecular complexity index is 703. The molecule has 22 heavy (non-hydrogen) atoms. The van der Waals surface area contributed by atoms with Gasteiger partial charge in [0, 0.05) is 10.2 Å². The summed E-state index contributed by atoms with van der Waals surface area (Å²) < 4.78 is 6.49. The molecule has 5 heteroatoms. The third-order valence-corrected chi connectivity index (χ3v) is 4.00. The Balaban J connectivity index is 2.05. The van der Waals surface area contributed by atoms with Gasteiger partial charge in [-0.1, -0.05) is 45.2 Å². The van der Waals surface area contributed by atoms with Crippen LogP contribution in [0.2, 0.25) is 5.02 Å². The molecular weight excluding hydrogens is 366 g/mol. The lowest BCUT2D eigenvalue weighted by Gasteiger charge is -2.17. The molecule has 2 aromatic carbocycles. The molecule has 2 aromatic rings. The molecule has 0 saturated heterocycles. The van der Waals surface area contributed by atoms with E-state index in [-0.39, 0.29) is 5.91 Å². The molecule has 0 aliphatic heterocycles. The standard InChI is InChI=1S/C17H17BrClNO2/c1-10-4-6-15(11(2)8-10)20-17(21)12(3)22-16-7-5-13(18)9-14(16)19/h4-9,12H,1-3H3,(H,20,21)/t12-/m0/s1. The number of carbonyl (C=O) groups excluding carboxylic acids is 1. The Kier molecular flexibility index (Phi) is 5.48. The molecule has 0 aromatic heterocycles. The second-order valence-corrected chi connectivity index (χ2v) is 6.47. The van der Waals surface area contributed by atoms with Gasteiger partial charge in [0.2, 0.25) is 0 Å². The first-order chi connectivity index (χ1) is 10.4. The van der Waals surface area contributed by atoms with Gasteiger partial charge in [-0.25, -0.2) is 0 Å². The molecule has 1 N–H and O–H groups in total. The van der Waals surface area contributed by atoms with Crippen molar-refractivity contribution in [2.45, 2.75) is 26.9 Å². The zero-order valence-electron chi connectivity index (χ0n) is 12.6. The van der Waals surface area contributed by atoms with E-state index >= 15 is 0 Å². The van der Waals surface area contributed by atoms with Crippen LogP contribution in [-0.2, 0) is 4.79 Å². The molecule has 3 nitrogen and oxygen atoms in total. The van der Waals surface area contributed by atoms with Crippen LogP contribution >= 0.6 is 27.5 Å². The molecule has 0 spiro atoms. The zero-order valence-corrected chi connectivity index (χ0v) is 15.0. The predicted molar refractivity (Wildman–Crippen MR) is 93.8 cm³/mol. The second kappa shape index (κ2) is 7.16. The molecule has 0 radical (unpaired) electrons. The first-order valence-electron chi connectivity index (χ1n) is 6.86. The van der Waals surface area contributed by atoms with Gasteiger partial charge in [-0.05, 0) is 50.6 Å². The fourth-order valence-electron chi connectivity index (χ4n) is 2.00. The fraction of sp³-hybridized carbons (Fsp3) is 0.235. The maximum Gasteiger partial charge on any atom is 0.265 e. The highest BCUT2D eigenvalue weighted by atomic mass is 79.9. The van der Waals surface area contributed by atoms with Crippen LogP contribution in [-0.4, -0.2) is 12.0 Å². The maximum atomic E-state index is 12.2. The van der Waals surface area contributed by atoms with E-state index in [2.05, 4.69) is 21.2 Å².